The summed E-state index contributed by atoms with van der Waals surface area (Å²) in [6.45, 7) is 5.55. The normalized spacial score (nSPS) is 10.6. The molecule has 0 fully saturated rings. The summed E-state index contributed by atoms with van der Waals surface area (Å²) in [5.41, 5.74) is 4.05. The van der Waals surface area contributed by atoms with Crippen LogP contribution in [0.3, 0.4) is 0 Å². The molecule has 0 aliphatic rings. The van der Waals surface area contributed by atoms with Gasteiger partial charge in [-0.3, -0.25) is 9.59 Å². The molecular weight excluding hydrogens is 378 g/mol. The zero-order valence-electron chi connectivity index (χ0n) is 15.8. The summed E-state index contributed by atoms with van der Waals surface area (Å²) in [6.07, 6.45) is 0. The van der Waals surface area contributed by atoms with Crippen molar-refractivity contribution in [2.24, 2.45) is 0 Å². The van der Waals surface area contributed by atoms with Gasteiger partial charge in [-0.15, -0.1) is 5.10 Å². The first-order chi connectivity index (χ1) is 13.3. The van der Waals surface area contributed by atoms with Crippen molar-refractivity contribution in [3.63, 3.8) is 0 Å². The van der Waals surface area contributed by atoms with Crippen molar-refractivity contribution in [1.82, 2.24) is 15.0 Å². The van der Waals surface area contributed by atoms with Crippen LogP contribution in [0.1, 0.15) is 27.3 Å². The number of halogens is 1. The van der Waals surface area contributed by atoms with E-state index in [1.165, 1.54) is 4.68 Å². The van der Waals surface area contributed by atoms with Gasteiger partial charge in [-0.05, 0) is 56.2 Å². The molecule has 1 aromatic heterocycles. The molecule has 3 rings (SSSR count). The molecule has 2 N–H and O–H groups in total. The largest absolute Gasteiger partial charge is 0.324 e. The Balaban J connectivity index is 1.70. The van der Waals surface area contributed by atoms with Crippen LogP contribution in [0.2, 0.25) is 5.02 Å². The van der Waals surface area contributed by atoms with Crippen LogP contribution >= 0.6 is 11.6 Å². The van der Waals surface area contributed by atoms with E-state index >= 15 is 0 Å². The number of aryl methyl sites for hydroxylation is 1. The minimum Gasteiger partial charge on any atom is -0.324 e. The van der Waals surface area contributed by atoms with Crippen LogP contribution in [-0.4, -0.2) is 26.8 Å². The van der Waals surface area contributed by atoms with Crippen LogP contribution in [0.4, 0.5) is 11.4 Å². The monoisotopic (exact) mass is 397 g/mol. The molecule has 0 aliphatic heterocycles. The Labute approximate surface area is 167 Å². The first kappa shape index (κ1) is 19.6. The summed E-state index contributed by atoms with van der Waals surface area (Å²) in [4.78, 5) is 24.8. The van der Waals surface area contributed by atoms with Gasteiger partial charge in [0.2, 0.25) is 5.91 Å². The highest BCUT2D eigenvalue weighted by Gasteiger charge is 2.19. The van der Waals surface area contributed by atoms with E-state index in [0.29, 0.717) is 16.4 Å². The maximum Gasteiger partial charge on any atom is 0.278 e. The zero-order chi connectivity index (χ0) is 20.3. The van der Waals surface area contributed by atoms with Gasteiger partial charge in [0.05, 0.1) is 5.69 Å². The van der Waals surface area contributed by atoms with Crippen molar-refractivity contribution < 1.29 is 9.59 Å². The fourth-order valence-corrected chi connectivity index (χ4v) is 2.88. The van der Waals surface area contributed by atoms with Crippen molar-refractivity contribution in [2.75, 3.05) is 10.6 Å². The first-order valence-corrected chi connectivity index (χ1v) is 9.06. The highest BCUT2D eigenvalue weighted by atomic mass is 35.5. The number of benzene rings is 2. The number of hydrogen-bond acceptors (Lipinski definition) is 4. The molecular formula is C20H20ClN5O2. The van der Waals surface area contributed by atoms with E-state index in [4.69, 9.17) is 11.6 Å². The summed E-state index contributed by atoms with van der Waals surface area (Å²) in [5, 5.41) is 14.0. The lowest BCUT2D eigenvalue weighted by atomic mass is 10.1. The lowest BCUT2D eigenvalue weighted by molar-refractivity contribution is -0.117. The topological polar surface area (TPSA) is 88.9 Å². The van der Waals surface area contributed by atoms with Gasteiger partial charge in [0, 0.05) is 16.4 Å². The molecule has 0 radical (unpaired) electrons. The molecule has 2 amide bonds. The molecule has 144 valence electrons. The Morgan fingerprint density at radius 2 is 1.82 bits per heavy atom. The third kappa shape index (κ3) is 4.37. The number of carbonyl (C=O) groups is 2. The first-order valence-electron chi connectivity index (χ1n) is 8.68. The second kappa shape index (κ2) is 8.22. The maximum atomic E-state index is 12.6. The second-order valence-corrected chi connectivity index (χ2v) is 6.88. The molecule has 8 heteroatoms. The average molecular weight is 398 g/mol. The Hall–Kier alpha value is -3.19. The predicted octanol–water partition coefficient (Wildman–Crippen LogP) is 3.75. The van der Waals surface area contributed by atoms with Gasteiger partial charge in [0.1, 0.15) is 6.54 Å². The van der Waals surface area contributed by atoms with Gasteiger partial charge < -0.3 is 10.6 Å². The number of nitrogens with one attached hydrogen (secondary N) is 2. The number of anilines is 2. The smallest absolute Gasteiger partial charge is 0.278 e. The van der Waals surface area contributed by atoms with E-state index in [0.717, 1.165) is 16.8 Å². The molecule has 2 aromatic carbocycles. The quantitative estimate of drug-likeness (QED) is 0.686. The molecule has 0 bridgehead atoms. The SMILES string of the molecule is Cc1cccc(NC(=O)c2nnn(CC(=O)Nc3cccc(Cl)c3)c2C)c1C. The molecule has 0 saturated carbocycles. The minimum absolute atomic E-state index is 0.0674. The van der Waals surface area contributed by atoms with Crippen molar-refractivity contribution in [3.05, 3.63) is 70.0 Å². The number of amides is 2. The fraction of sp³-hybridized carbons (Fsp3) is 0.200. The third-order valence-corrected chi connectivity index (χ3v) is 4.69. The van der Waals surface area contributed by atoms with E-state index in [1.54, 1.807) is 31.2 Å². The van der Waals surface area contributed by atoms with E-state index in [9.17, 15) is 9.59 Å². The Bertz CT molecular complexity index is 1040. The minimum atomic E-state index is -0.368. The maximum absolute atomic E-state index is 12.6. The highest BCUT2D eigenvalue weighted by molar-refractivity contribution is 6.30. The van der Waals surface area contributed by atoms with E-state index < -0.39 is 0 Å². The second-order valence-electron chi connectivity index (χ2n) is 6.44. The Morgan fingerprint density at radius 3 is 2.57 bits per heavy atom. The molecule has 0 spiro atoms. The average Bonchev–Trinajstić information content (AvgIpc) is 2.99. The molecule has 1 heterocycles. The van der Waals surface area contributed by atoms with E-state index in [2.05, 4.69) is 20.9 Å². The zero-order valence-corrected chi connectivity index (χ0v) is 16.5. The van der Waals surface area contributed by atoms with Crippen molar-refractivity contribution in [1.29, 1.82) is 0 Å². The summed E-state index contributed by atoms with van der Waals surface area (Å²) in [7, 11) is 0. The molecule has 3 aromatic rings. The van der Waals surface area contributed by atoms with Gasteiger partial charge in [-0.2, -0.15) is 0 Å². The standard InChI is InChI=1S/C20H20ClN5O2/c1-12-6-4-9-17(13(12)2)23-20(28)19-14(3)26(25-24-19)11-18(27)22-16-8-5-7-15(21)10-16/h4-10H,11H2,1-3H3,(H,22,27)(H,23,28). The van der Waals surface area contributed by atoms with Crippen molar-refractivity contribution >= 4 is 34.8 Å². The molecule has 28 heavy (non-hydrogen) atoms. The Kier molecular flexibility index (Phi) is 5.75. The molecule has 0 unspecified atom stereocenters. The van der Waals surface area contributed by atoms with E-state index in [1.807, 2.05) is 32.0 Å². The fourth-order valence-electron chi connectivity index (χ4n) is 2.69. The van der Waals surface area contributed by atoms with Gasteiger partial charge in [0.15, 0.2) is 5.69 Å². The van der Waals surface area contributed by atoms with Crippen molar-refractivity contribution in [3.8, 4) is 0 Å². The summed E-state index contributed by atoms with van der Waals surface area (Å²) >= 11 is 5.92. The van der Waals surface area contributed by atoms with Gasteiger partial charge in [0.25, 0.3) is 5.91 Å². The van der Waals surface area contributed by atoms with E-state index in [-0.39, 0.29) is 24.1 Å². The number of nitrogens with zero attached hydrogens (tertiary/aromatic N) is 3. The van der Waals surface area contributed by atoms with Crippen LogP contribution in [0.25, 0.3) is 0 Å². The number of hydrogen-bond donors (Lipinski definition) is 2. The molecule has 7 nitrogen and oxygen atoms in total. The Morgan fingerprint density at radius 1 is 1.07 bits per heavy atom. The van der Waals surface area contributed by atoms with Crippen LogP contribution in [0.15, 0.2) is 42.5 Å². The lowest BCUT2D eigenvalue weighted by Gasteiger charge is -2.10. The summed E-state index contributed by atoms with van der Waals surface area (Å²) < 4.78 is 1.39. The predicted molar refractivity (Wildman–Crippen MR) is 109 cm³/mol. The number of carbonyl (C=O) groups excluding carboxylic acids is 2. The highest BCUT2D eigenvalue weighted by Crippen LogP contribution is 2.19. The third-order valence-electron chi connectivity index (χ3n) is 4.45. The summed E-state index contributed by atoms with van der Waals surface area (Å²) in [5.74, 6) is -0.663. The molecule has 0 atom stereocenters. The number of aromatic nitrogens is 3. The van der Waals surface area contributed by atoms with Crippen LogP contribution in [-0.2, 0) is 11.3 Å². The van der Waals surface area contributed by atoms with Crippen LogP contribution in [0.5, 0.6) is 0 Å². The lowest BCUT2D eigenvalue weighted by Crippen LogP contribution is -2.21. The van der Waals surface area contributed by atoms with Gasteiger partial charge in [-0.25, -0.2) is 4.68 Å². The molecule has 0 aliphatic carbocycles. The van der Waals surface area contributed by atoms with Gasteiger partial charge >= 0.3 is 0 Å². The summed E-state index contributed by atoms with van der Waals surface area (Å²) in [6, 6.07) is 12.5. The van der Waals surface area contributed by atoms with Crippen LogP contribution in [0, 0.1) is 20.8 Å². The van der Waals surface area contributed by atoms with Gasteiger partial charge in [-0.1, -0.05) is 35.0 Å². The molecule has 0 saturated heterocycles. The number of rotatable bonds is 5. The van der Waals surface area contributed by atoms with Crippen molar-refractivity contribution in [2.45, 2.75) is 27.3 Å². The van der Waals surface area contributed by atoms with Crippen LogP contribution < -0.4 is 10.6 Å².